The van der Waals surface area contributed by atoms with Gasteiger partial charge in [0, 0.05) is 17.0 Å². The number of hydrogen-bond donors (Lipinski definition) is 3. The van der Waals surface area contributed by atoms with Gasteiger partial charge in [-0.25, -0.2) is 0 Å². The summed E-state index contributed by atoms with van der Waals surface area (Å²) in [6.07, 6.45) is 5.27. The van der Waals surface area contributed by atoms with E-state index in [1.807, 2.05) is 24.3 Å². The van der Waals surface area contributed by atoms with E-state index < -0.39 is 0 Å². The number of rotatable bonds is 8. The molecule has 1 aromatic carbocycles. The summed E-state index contributed by atoms with van der Waals surface area (Å²) in [4.78, 5) is 0. The summed E-state index contributed by atoms with van der Waals surface area (Å²) >= 11 is 6.02. The first-order valence-corrected chi connectivity index (χ1v) is 6.41. The molecule has 0 bridgehead atoms. The van der Waals surface area contributed by atoms with E-state index in [2.05, 4.69) is 0 Å². The first kappa shape index (κ1) is 14.9. The Kier molecular flexibility index (Phi) is 6.02. The zero-order chi connectivity index (χ0) is 13.4. The van der Waals surface area contributed by atoms with Crippen molar-refractivity contribution in [3.8, 4) is 0 Å². The molecule has 1 aromatic rings. The summed E-state index contributed by atoms with van der Waals surface area (Å²) in [5.41, 5.74) is 0.744. The van der Waals surface area contributed by atoms with E-state index in [0.717, 1.165) is 12.0 Å². The van der Waals surface area contributed by atoms with Crippen LogP contribution in [0.1, 0.15) is 31.2 Å². The molecule has 0 spiro atoms. The van der Waals surface area contributed by atoms with Crippen LogP contribution in [0.3, 0.4) is 0 Å². The monoisotopic (exact) mass is 266 g/mol. The van der Waals surface area contributed by atoms with Crippen LogP contribution in [0, 0.1) is 10.8 Å². The van der Waals surface area contributed by atoms with Crippen LogP contribution in [-0.2, 0) is 5.41 Å². The van der Waals surface area contributed by atoms with Crippen molar-refractivity contribution in [2.24, 2.45) is 0 Å². The maximum atomic E-state index is 9.29. The summed E-state index contributed by atoms with van der Waals surface area (Å²) < 4.78 is 0. The molecule has 0 aliphatic carbocycles. The minimum atomic E-state index is -0.293. The van der Waals surface area contributed by atoms with E-state index in [0.29, 0.717) is 24.3 Å². The summed E-state index contributed by atoms with van der Waals surface area (Å²) in [6.45, 7) is 0.0678. The third kappa shape index (κ3) is 3.65. The average molecular weight is 267 g/mol. The smallest absolute Gasteiger partial charge is 0.0439 e. The van der Waals surface area contributed by atoms with E-state index in [1.54, 1.807) is 0 Å². The maximum absolute atomic E-state index is 9.29. The van der Waals surface area contributed by atoms with Crippen LogP contribution < -0.4 is 0 Å². The Morgan fingerprint density at radius 1 is 1.22 bits per heavy atom. The molecular weight excluding hydrogens is 248 g/mol. The van der Waals surface area contributed by atoms with Crippen LogP contribution in [0.2, 0.25) is 5.02 Å². The molecule has 0 fully saturated rings. The van der Waals surface area contributed by atoms with Crippen molar-refractivity contribution in [2.45, 2.75) is 31.1 Å². The predicted molar refractivity (Wildman–Crippen MR) is 76.3 cm³/mol. The molecule has 0 aliphatic rings. The van der Waals surface area contributed by atoms with Crippen molar-refractivity contribution in [3.63, 3.8) is 0 Å². The highest BCUT2D eigenvalue weighted by atomic mass is 35.5. The van der Waals surface area contributed by atoms with Gasteiger partial charge in [-0.05, 0) is 55.8 Å². The van der Waals surface area contributed by atoms with Crippen molar-refractivity contribution in [3.05, 3.63) is 34.9 Å². The quantitative estimate of drug-likeness (QED) is 0.620. The molecule has 4 heteroatoms. The molecule has 98 valence electrons. The van der Waals surface area contributed by atoms with Gasteiger partial charge >= 0.3 is 0 Å². The molecule has 0 aromatic heterocycles. The van der Waals surface area contributed by atoms with Crippen molar-refractivity contribution < 1.29 is 5.11 Å². The second-order valence-corrected chi connectivity index (χ2v) is 4.85. The third-order valence-corrected chi connectivity index (χ3v) is 3.52. The van der Waals surface area contributed by atoms with E-state index in [-0.39, 0.29) is 12.0 Å². The molecule has 1 unspecified atom stereocenters. The lowest BCUT2D eigenvalue weighted by Crippen LogP contribution is -2.28. The highest BCUT2D eigenvalue weighted by Crippen LogP contribution is 2.36. The van der Waals surface area contributed by atoms with Gasteiger partial charge in [0.25, 0.3) is 0 Å². The lowest BCUT2D eigenvalue weighted by molar-refractivity contribution is 0.233. The summed E-state index contributed by atoms with van der Waals surface area (Å²) in [7, 11) is 0. The van der Waals surface area contributed by atoms with Gasteiger partial charge in [0.15, 0.2) is 0 Å². The number of aliphatic hydroxyl groups is 1. The number of hydrogen-bond acceptors (Lipinski definition) is 3. The standard InChI is InChI=1S/C14H19ClN2O/c15-13-4-1-3-12(11-13)14(6-9-17,7-10-18)5-2-8-16/h1,3-4,8-9,11,16-18H,2,5-7,10H2. The molecular formula is C14H19ClN2O. The van der Waals surface area contributed by atoms with Crippen LogP contribution in [-0.4, -0.2) is 24.1 Å². The van der Waals surface area contributed by atoms with Gasteiger partial charge in [-0.3, -0.25) is 0 Å². The molecule has 1 rings (SSSR count). The predicted octanol–water partition coefficient (Wildman–Crippen LogP) is 3.43. The van der Waals surface area contributed by atoms with Crippen LogP contribution in [0.15, 0.2) is 24.3 Å². The molecule has 0 saturated carbocycles. The van der Waals surface area contributed by atoms with Crippen LogP contribution in [0.4, 0.5) is 0 Å². The van der Waals surface area contributed by atoms with Gasteiger partial charge in [-0.1, -0.05) is 23.7 Å². The Balaban J connectivity index is 3.13. The fourth-order valence-electron chi connectivity index (χ4n) is 2.31. The molecule has 3 nitrogen and oxygen atoms in total. The maximum Gasteiger partial charge on any atom is 0.0439 e. The van der Waals surface area contributed by atoms with Crippen molar-refractivity contribution >= 4 is 24.0 Å². The molecule has 3 N–H and O–H groups in total. The van der Waals surface area contributed by atoms with Crippen LogP contribution >= 0.6 is 11.6 Å². The molecule has 0 heterocycles. The highest BCUT2D eigenvalue weighted by Gasteiger charge is 2.30. The van der Waals surface area contributed by atoms with Gasteiger partial charge in [0.2, 0.25) is 0 Å². The molecule has 0 saturated heterocycles. The zero-order valence-corrected chi connectivity index (χ0v) is 11.1. The third-order valence-electron chi connectivity index (χ3n) is 3.29. The van der Waals surface area contributed by atoms with Crippen LogP contribution in [0.5, 0.6) is 0 Å². The Bertz CT molecular complexity index is 409. The summed E-state index contributed by atoms with van der Waals surface area (Å²) in [5.74, 6) is 0. The normalized spacial score (nSPS) is 13.9. The van der Waals surface area contributed by atoms with E-state index in [1.165, 1.54) is 12.4 Å². The average Bonchev–Trinajstić information content (AvgIpc) is 2.36. The lowest BCUT2D eigenvalue weighted by Gasteiger charge is -2.32. The number of halogens is 1. The van der Waals surface area contributed by atoms with E-state index in [9.17, 15) is 5.11 Å². The van der Waals surface area contributed by atoms with Crippen LogP contribution in [0.25, 0.3) is 0 Å². The Labute approximate surface area is 113 Å². The van der Waals surface area contributed by atoms with Crippen molar-refractivity contribution in [1.82, 2.24) is 0 Å². The first-order valence-electron chi connectivity index (χ1n) is 6.03. The summed E-state index contributed by atoms with van der Waals surface area (Å²) in [5, 5.41) is 24.5. The van der Waals surface area contributed by atoms with E-state index in [4.69, 9.17) is 22.4 Å². The van der Waals surface area contributed by atoms with Gasteiger partial charge in [0.1, 0.15) is 0 Å². The number of nitrogens with one attached hydrogen (secondary N) is 2. The molecule has 0 amide bonds. The number of aliphatic hydroxyl groups excluding tert-OH is 1. The first-order chi connectivity index (χ1) is 8.68. The molecule has 0 radical (unpaired) electrons. The fraction of sp³-hybridized carbons (Fsp3) is 0.429. The second-order valence-electron chi connectivity index (χ2n) is 4.42. The lowest BCUT2D eigenvalue weighted by atomic mass is 9.72. The molecule has 0 aliphatic heterocycles. The van der Waals surface area contributed by atoms with Crippen molar-refractivity contribution in [1.29, 1.82) is 10.8 Å². The topological polar surface area (TPSA) is 67.9 Å². The van der Waals surface area contributed by atoms with Gasteiger partial charge < -0.3 is 15.9 Å². The van der Waals surface area contributed by atoms with Gasteiger partial charge in [-0.2, -0.15) is 0 Å². The van der Waals surface area contributed by atoms with E-state index >= 15 is 0 Å². The Hall–Kier alpha value is -1.19. The second kappa shape index (κ2) is 7.29. The van der Waals surface area contributed by atoms with Gasteiger partial charge in [0.05, 0.1) is 0 Å². The van der Waals surface area contributed by atoms with Crippen molar-refractivity contribution in [2.75, 3.05) is 6.61 Å². The van der Waals surface area contributed by atoms with Gasteiger partial charge in [-0.15, -0.1) is 0 Å². The minimum absolute atomic E-state index is 0.0678. The molecule has 18 heavy (non-hydrogen) atoms. The Morgan fingerprint density at radius 3 is 2.56 bits per heavy atom. The SMILES string of the molecule is N=CCCC(CC=N)(CCO)c1cccc(Cl)c1. The zero-order valence-electron chi connectivity index (χ0n) is 10.3. The largest absolute Gasteiger partial charge is 0.396 e. The highest BCUT2D eigenvalue weighted by molar-refractivity contribution is 6.30. The Morgan fingerprint density at radius 2 is 2.00 bits per heavy atom. The minimum Gasteiger partial charge on any atom is -0.396 e. The molecule has 1 atom stereocenters. The summed E-state index contributed by atoms with van der Waals surface area (Å²) in [6, 6.07) is 7.58. The number of benzene rings is 1. The fourth-order valence-corrected chi connectivity index (χ4v) is 2.50.